The molecular formula is C24H13F3O6. The fourth-order valence-corrected chi connectivity index (χ4v) is 3.23. The molecule has 9 heteroatoms. The molecular weight excluding hydrogens is 441 g/mol. The van der Waals surface area contributed by atoms with Crippen LogP contribution in [0.1, 0.15) is 20.7 Å². The highest BCUT2D eigenvalue weighted by Gasteiger charge is 2.43. The second-order valence-electron chi connectivity index (χ2n) is 6.82. The zero-order valence-corrected chi connectivity index (χ0v) is 16.6. The molecule has 33 heavy (non-hydrogen) atoms. The van der Waals surface area contributed by atoms with Crippen LogP contribution in [0.3, 0.4) is 0 Å². The number of benzene rings is 4. The molecule has 0 N–H and O–H groups in total. The normalized spacial score (nSPS) is 11.2. The number of carbonyl (C=O) groups excluding carboxylic acids is 3. The smallest absolute Gasteiger partial charge is 0.421 e. The van der Waals surface area contributed by atoms with Gasteiger partial charge < -0.3 is 4.74 Å². The maximum atomic E-state index is 13.0. The van der Waals surface area contributed by atoms with Gasteiger partial charge >= 0.3 is 24.1 Å². The topological polar surface area (TPSA) is 78.9 Å². The molecule has 0 radical (unpaired) electrons. The predicted octanol–water partition coefficient (Wildman–Crippen LogP) is 5.39. The van der Waals surface area contributed by atoms with Crippen LogP contribution >= 0.6 is 0 Å². The third kappa shape index (κ3) is 4.47. The Labute approximate surface area is 184 Å². The average Bonchev–Trinajstić information content (AvgIpc) is 2.81. The van der Waals surface area contributed by atoms with Crippen LogP contribution < -0.4 is 4.74 Å². The Bertz CT molecular complexity index is 1390. The lowest BCUT2D eigenvalue weighted by atomic mass is 10.0. The molecule has 166 valence electrons. The Morgan fingerprint density at radius 2 is 1.21 bits per heavy atom. The van der Waals surface area contributed by atoms with Gasteiger partial charge in [-0.05, 0) is 28.3 Å². The average molecular weight is 454 g/mol. The summed E-state index contributed by atoms with van der Waals surface area (Å²) >= 11 is 0. The number of fused-ring (bicyclic) bond motifs is 2. The minimum Gasteiger partial charge on any atom is -0.421 e. The van der Waals surface area contributed by atoms with E-state index in [0.29, 0.717) is 16.2 Å². The van der Waals surface area contributed by atoms with Gasteiger partial charge in [0.2, 0.25) is 0 Å². The Morgan fingerprint density at radius 1 is 0.606 bits per heavy atom. The van der Waals surface area contributed by atoms with Crippen LogP contribution in [-0.2, 0) is 14.6 Å². The lowest BCUT2D eigenvalue weighted by molar-refractivity contribution is -0.271. The molecule has 0 atom stereocenters. The van der Waals surface area contributed by atoms with Crippen molar-refractivity contribution < 1.29 is 42.1 Å². The van der Waals surface area contributed by atoms with Crippen molar-refractivity contribution in [3.05, 3.63) is 90.0 Å². The van der Waals surface area contributed by atoms with E-state index in [2.05, 4.69) is 9.78 Å². The van der Waals surface area contributed by atoms with Crippen molar-refractivity contribution in [2.45, 2.75) is 6.18 Å². The number of esters is 1. The summed E-state index contributed by atoms with van der Waals surface area (Å²) in [5.41, 5.74) is -0.193. The summed E-state index contributed by atoms with van der Waals surface area (Å²) in [6, 6.07) is 21.3. The number of hydrogen-bond donors (Lipinski definition) is 0. The van der Waals surface area contributed by atoms with Crippen LogP contribution in [0.4, 0.5) is 13.2 Å². The number of ether oxygens (including phenoxy) is 1. The highest BCUT2D eigenvalue weighted by atomic mass is 19.4. The first kappa shape index (κ1) is 21.8. The van der Waals surface area contributed by atoms with E-state index in [9.17, 15) is 27.6 Å². The molecule has 0 unspecified atom stereocenters. The van der Waals surface area contributed by atoms with Gasteiger partial charge in [0.05, 0.1) is 5.56 Å². The molecule has 6 nitrogen and oxygen atoms in total. The molecule has 0 amide bonds. The van der Waals surface area contributed by atoms with Gasteiger partial charge in [0.15, 0.2) is 5.75 Å². The molecule has 0 bridgehead atoms. The first-order valence-electron chi connectivity index (χ1n) is 9.47. The van der Waals surface area contributed by atoms with E-state index in [-0.39, 0.29) is 11.3 Å². The van der Waals surface area contributed by atoms with Gasteiger partial charge in [0, 0.05) is 5.39 Å². The van der Waals surface area contributed by atoms with Crippen LogP contribution in [0, 0.1) is 0 Å². The van der Waals surface area contributed by atoms with E-state index in [1.807, 2.05) is 12.1 Å². The van der Waals surface area contributed by atoms with E-state index in [1.165, 1.54) is 12.1 Å². The van der Waals surface area contributed by atoms with E-state index in [4.69, 9.17) is 4.74 Å². The minimum absolute atomic E-state index is 0.212. The Morgan fingerprint density at radius 3 is 1.91 bits per heavy atom. The number of halogens is 3. The van der Waals surface area contributed by atoms with Gasteiger partial charge in [0.1, 0.15) is 5.56 Å². The van der Waals surface area contributed by atoms with Crippen LogP contribution in [-0.4, -0.2) is 24.1 Å². The number of carbonyl (C=O) groups is 3. The van der Waals surface area contributed by atoms with E-state index in [0.717, 1.165) is 5.39 Å². The van der Waals surface area contributed by atoms with E-state index in [1.54, 1.807) is 54.6 Å². The molecule has 0 aromatic heterocycles. The molecule has 0 saturated carbocycles. The summed E-state index contributed by atoms with van der Waals surface area (Å²) in [4.78, 5) is 44.0. The first-order valence-corrected chi connectivity index (χ1v) is 9.47. The van der Waals surface area contributed by atoms with Gasteiger partial charge in [0.25, 0.3) is 0 Å². The zero-order chi connectivity index (χ0) is 23.6. The molecule has 4 aromatic rings. The molecule has 0 aliphatic heterocycles. The third-order valence-corrected chi connectivity index (χ3v) is 4.73. The van der Waals surface area contributed by atoms with Crippen LogP contribution in [0.5, 0.6) is 5.75 Å². The molecule has 0 saturated heterocycles. The quantitative estimate of drug-likeness (QED) is 0.179. The second kappa shape index (κ2) is 8.62. The van der Waals surface area contributed by atoms with Crippen molar-refractivity contribution in [3.63, 3.8) is 0 Å². The van der Waals surface area contributed by atoms with Gasteiger partial charge in [-0.2, -0.15) is 13.2 Å². The molecule has 0 fully saturated rings. The third-order valence-electron chi connectivity index (χ3n) is 4.73. The van der Waals surface area contributed by atoms with Crippen LogP contribution in [0.2, 0.25) is 0 Å². The zero-order valence-electron chi connectivity index (χ0n) is 16.6. The largest absolute Gasteiger partial charge is 0.495 e. The Hall–Kier alpha value is -4.40. The number of hydrogen-bond acceptors (Lipinski definition) is 6. The van der Waals surface area contributed by atoms with E-state index >= 15 is 0 Å². The van der Waals surface area contributed by atoms with Crippen molar-refractivity contribution >= 4 is 39.5 Å². The van der Waals surface area contributed by atoms with Gasteiger partial charge in [-0.3, -0.25) is 0 Å². The summed E-state index contributed by atoms with van der Waals surface area (Å²) in [5, 5.41) is 2.29. The summed E-state index contributed by atoms with van der Waals surface area (Å²) in [6.07, 6.45) is -5.35. The first-order chi connectivity index (χ1) is 15.8. The highest BCUT2D eigenvalue weighted by Crippen LogP contribution is 2.32. The predicted molar refractivity (Wildman–Crippen MR) is 110 cm³/mol. The second-order valence-corrected chi connectivity index (χ2v) is 6.82. The van der Waals surface area contributed by atoms with Crippen molar-refractivity contribution in [1.82, 2.24) is 0 Å². The molecule has 0 spiro atoms. The standard InChI is InChI=1S/C24H13F3O6/c25-24(26,27)23(30)33-32-22(29)19-13-12-15-7-2-4-10-17(15)20(19)31-21(28)18-11-5-8-14-6-1-3-9-16(14)18/h1-13H. The molecule has 4 aromatic carbocycles. The fourth-order valence-electron chi connectivity index (χ4n) is 3.23. The SMILES string of the molecule is O=C(OOC(=O)C(F)(F)F)c1ccc2ccccc2c1OC(=O)c1cccc2ccccc12. The highest BCUT2D eigenvalue weighted by molar-refractivity contribution is 6.08. The summed E-state index contributed by atoms with van der Waals surface area (Å²) in [6.45, 7) is 0. The summed E-state index contributed by atoms with van der Waals surface area (Å²) in [7, 11) is 0. The van der Waals surface area contributed by atoms with Gasteiger partial charge in [-0.1, -0.05) is 66.7 Å². The Balaban J connectivity index is 1.72. The van der Waals surface area contributed by atoms with Crippen LogP contribution in [0.25, 0.3) is 21.5 Å². The molecule has 4 rings (SSSR count). The summed E-state index contributed by atoms with van der Waals surface area (Å²) < 4.78 is 42.6. The maximum absolute atomic E-state index is 13.0. The fraction of sp³-hybridized carbons (Fsp3) is 0.0417. The number of rotatable bonds is 3. The van der Waals surface area contributed by atoms with Crippen molar-refractivity contribution in [2.75, 3.05) is 0 Å². The van der Waals surface area contributed by atoms with Crippen LogP contribution in [0.15, 0.2) is 78.9 Å². The lowest BCUT2D eigenvalue weighted by Crippen LogP contribution is -2.26. The lowest BCUT2D eigenvalue weighted by Gasteiger charge is -2.13. The molecule has 0 aliphatic rings. The van der Waals surface area contributed by atoms with Gasteiger partial charge in [-0.25, -0.2) is 24.2 Å². The maximum Gasteiger partial charge on any atom is 0.495 e. The van der Waals surface area contributed by atoms with Gasteiger partial charge in [-0.15, -0.1) is 0 Å². The number of alkyl halides is 3. The Kier molecular flexibility index (Phi) is 5.70. The monoisotopic (exact) mass is 454 g/mol. The molecule has 0 aliphatic carbocycles. The van der Waals surface area contributed by atoms with Crippen molar-refractivity contribution in [3.8, 4) is 5.75 Å². The molecule has 0 heterocycles. The minimum atomic E-state index is -5.35. The van der Waals surface area contributed by atoms with E-state index < -0.39 is 29.6 Å². The summed E-state index contributed by atoms with van der Waals surface area (Å²) in [5.74, 6) is -5.20. The van der Waals surface area contributed by atoms with Crippen molar-refractivity contribution in [2.24, 2.45) is 0 Å². The van der Waals surface area contributed by atoms with Crippen molar-refractivity contribution in [1.29, 1.82) is 0 Å².